The summed E-state index contributed by atoms with van der Waals surface area (Å²) >= 11 is -3.11. The monoisotopic (exact) mass is 308 g/mol. The molecule has 0 saturated carbocycles. The molecule has 15 heteroatoms. The van der Waals surface area contributed by atoms with Gasteiger partial charge in [-0.15, -0.1) is 11.4 Å². The molecule has 0 fully saturated rings. The van der Waals surface area contributed by atoms with Gasteiger partial charge in [0.05, 0.1) is 0 Å². The molecule has 0 aliphatic heterocycles. The van der Waals surface area contributed by atoms with Gasteiger partial charge in [-0.1, -0.05) is 0 Å². The summed E-state index contributed by atoms with van der Waals surface area (Å²) in [6.07, 6.45) is -1.83. The van der Waals surface area contributed by atoms with E-state index in [2.05, 4.69) is 0 Å². The van der Waals surface area contributed by atoms with Crippen molar-refractivity contribution in [3.8, 4) is 0 Å². The first-order chi connectivity index (χ1) is 5.46. The van der Waals surface area contributed by atoms with Crippen molar-refractivity contribution < 1.29 is 135 Å². The molecular weight excluding hydrogens is 305 g/mol. The summed E-state index contributed by atoms with van der Waals surface area (Å²) in [6.45, 7) is 0. The molecule has 0 radical (unpaired) electrons. The largest absolute Gasteiger partial charge is 1.00 e. The van der Waals surface area contributed by atoms with Gasteiger partial charge in [0.1, 0.15) is 0 Å². The van der Waals surface area contributed by atoms with E-state index in [1.807, 2.05) is 0 Å². The van der Waals surface area contributed by atoms with Crippen molar-refractivity contribution in [3.05, 3.63) is 0 Å². The van der Waals surface area contributed by atoms with Gasteiger partial charge in [-0.3, -0.25) is 8.76 Å². The minimum absolute atomic E-state index is 0. The molecule has 82 valence electrons. The molecular formula is CH3Na3O10S2. The van der Waals surface area contributed by atoms with Crippen LogP contribution in [0, 0.1) is 0 Å². The van der Waals surface area contributed by atoms with Crippen molar-refractivity contribution in [2.75, 3.05) is 0 Å². The minimum Gasteiger partial charge on any atom is -0.784 e. The van der Waals surface area contributed by atoms with Crippen molar-refractivity contribution in [2.24, 2.45) is 0 Å². The summed E-state index contributed by atoms with van der Waals surface area (Å²) in [5.41, 5.74) is 0. The molecule has 0 aromatic carbocycles. The molecule has 0 unspecified atom stereocenters. The minimum atomic E-state index is -4.92. The molecule has 0 aliphatic carbocycles. The SMILES string of the molecule is O=C(O)O.O=S(=O)([O-])O.O=S([O-])[O-].[Na+].[Na+].[Na+]. The summed E-state index contributed by atoms with van der Waals surface area (Å²) in [5, 5.41) is 13.9. The average Bonchev–Trinajstić information content (AvgIpc) is 1.50. The zero-order valence-electron chi connectivity index (χ0n) is 8.52. The molecule has 0 rings (SSSR count). The Bertz CT molecular complexity index is 219. The van der Waals surface area contributed by atoms with Gasteiger partial charge in [0.25, 0.3) is 0 Å². The molecule has 0 aromatic rings. The van der Waals surface area contributed by atoms with Crippen molar-refractivity contribution in [1.82, 2.24) is 0 Å². The predicted octanol–water partition coefficient (Wildman–Crippen LogP) is -10.8. The van der Waals surface area contributed by atoms with E-state index in [-0.39, 0.29) is 88.7 Å². The Morgan fingerprint density at radius 2 is 1.06 bits per heavy atom. The van der Waals surface area contributed by atoms with Crippen LogP contribution in [0.1, 0.15) is 0 Å². The normalized spacial score (nSPS) is 7.31. The topological polar surface area (TPSA) is 198 Å². The Labute approximate surface area is 160 Å². The van der Waals surface area contributed by atoms with E-state index in [1.165, 1.54) is 0 Å². The van der Waals surface area contributed by atoms with Crippen molar-refractivity contribution in [2.45, 2.75) is 0 Å². The fourth-order valence-corrected chi connectivity index (χ4v) is 0. The summed E-state index contributed by atoms with van der Waals surface area (Å²) in [7, 11) is -4.92. The van der Waals surface area contributed by atoms with E-state index in [0.717, 1.165) is 0 Å². The van der Waals surface area contributed by atoms with Gasteiger partial charge in [-0.05, 0) is 0 Å². The van der Waals surface area contributed by atoms with E-state index in [4.69, 9.17) is 45.8 Å². The molecule has 0 saturated heterocycles. The number of hydrogen-bond donors (Lipinski definition) is 3. The first kappa shape index (κ1) is 36.2. The summed E-state index contributed by atoms with van der Waals surface area (Å²) in [6, 6.07) is 0. The third-order valence-corrected chi connectivity index (χ3v) is 0. The molecule has 0 heterocycles. The molecule has 0 aliphatic rings. The zero-order valence-corrected chi connectivity index (χ0v) is 16.1. The Hall–Kier alpha value is 2.21. The van der Waals surface area contributed by atoms with Crippen LogP contribution >= 0.6 is 0 Å². The molecule has 0 spiro atoms. The standard InChI is InChI=1S/CH2O3.3Na.H2O4S.H2O3S/c2-1(3)4;;;;1-5(2,3)4;1-4(2)3/h(H2,2,3,4);;;;(H2,1,2,3,4);(H2,1,2,3)/q;3*+1;;/p-3. The first-order valence-corrected chi connectivity index (χ1v) is 4.20. The molecule has 0 aromatic heterocycles. The van der Waals surface area contributed by atoms with Crippen molar-refractivity contribution in [3.63, 3.8) is 0 Å². The van der Waals surface area contributed by atoms with Gasteiger partial charge in [-0.2, -0.15) is 0 Å². The molecule has 16 heavy (non-hydrogen) atoms. The Morgan fingerprint density at radius 1 is 1.06 bits per heavy atom. The Morgan fingerprint density at radius 3 is 1.06 bits per heavy atom. The second-order valence-electron chi connectivity index (χ2n) is 0.914. The zero-order chi connectivity index (χ0) is 11.7. The van der Waals surface area contributed by atoms with Crippen LogP contribution in [0.25, 0.3) is 0 Å². The molecule has 0 atom stereocenters. The van der Waals surface area contributed by atoms with Crippen LogP contribution in [0.2, 0.25) is 0 Å². The summed E-state index contributed by atoms with van der Waals surface area (Å²) in [5.74, 6) is 0. The maximum atomic E-state index is 8.63. The Kier molecular flexibility index (Phi) is 50.6. The van der Waals surface area contributed by atoms with Crippen LogP contribution in [-0.4, -0.2) is 47.2 Å². The van der Waals surface area contributed by atoms with Gasteiger partial charge in [0.15, 0.2) is 0 Å². The smallest absolute Gasteiger partial charge is 0.784 e. The number of hydrogen-bond acceptors (Lipinski definition) is 7. The van der Waals surface area contributed by atoms with Crippen LogP contribution in [0.4, 0.5) is 4.79 Å². The molecule has 0 amide bonds. The van der Waals surface area contributed by atoms with Crippen molar-refractivity contribution >= 4 is 27.9 Å². The van der Waals surface area contributed by atoms with Gasteiger partial charge in [0, 0.05) is 0 Å². The third-order valence-electron chi connectivity index (χ3n) is 0. The Balaban J connectivity index is -0.0000000216. The summed E-state index contributed by atoms with van der Waals surface area (Å²) < 4.78 is 58.2. The third kappa shape index (κ3) is 768. The number of carboxylic acid groups (broad SMARTS) is 2. The van der Waals surface area contributed by atoms with E-state index < -0.39 is 27.9 Å². The van der Waals surface area contributed by atoms with Crippen LogP contribution in [0.15, 0.2) is 0 Å². The van der Waals surface area contributed by atoms with E-state index in [9.17, 15) is 0 Å². The van der Waals surface area contributed by atoms with Gasteiger partial charge < -0.3 is 23.9 Å². The van der Waals surface area contributed by atoms with Gasteiger partial charge >= 0.3 is 94.8 Å². The van der Waals surface area contributed by atoms with Crippen LogP contribution in [0.3, 0.4) is 0 Å². The fourth-order valence-electron chi connectivity index (χ4n) is 0. The van der Waals surface area contributed by atoms with Crippen LogP contribution < -0.4 is 88.7 Å². The maximum absolute atomic E-state index is 8.63. The quantitative estimate of drug-likeness (QED) is 0.167. The summed E-state index contributed by atoms with van der Waals surface area (Å²) in [4.78, 5) is 8.56. The van der Waals surface area contributed by atoms with E-state index in [1.54, 1.807) is 0 Å². The van der Waals surface area contributed by atoms with Crippen LogP contribution in [0.5, 0.6) is 0 Å². The maximum Gasteiger partial charge on any atom is 1.00 e. The number of carbonyl (C=O) groups is 1. The second kappa shape index (κ2) is 22.4. The molecule has 3 N–H and O–H groups in total. The fraction of sp³-hybridized carbons (Fsp3) is 0. The van der Waals surface area contributed by atoms with E-state index >= 15 is 0 Å². The van der Waals surface area contributed by atoms with Crippen molar-refractivity contribution in [1.29, 1.82) is 0 Å². The molecule has 10 nitrogen and oxygen atoms in total. The second-order valence-corrected chi connectivity index (χ2v) is 2.18. The predicted molar refractivity (Wildman–Crippen MR) is 32.7 cm³/mol. The average molecular weight is 308 g/mol. The molecule has 0 bridgehead atoms. The van der Waals surface area contributed by atoms with Gasteiger partial charge in [0.2, 0.25) is 10.4 Å². The van der Waals surface area contributed by atoms with Crippen LogP contribution in [-0.2, 0) is 21.8 Å². The van der Waals surface area contributed by atoms with E-state index in [0.29, 0.717) is 0 Å². The van der Waals surface area contributed by atoms with Gasteiger partial charge in [-0.25, -0.2) is 13.2 Å². The first-order valence-electron chi connectivity index (χ1n) is 1.83. The number of rotatable bonds is 0.